The zero-order valence-corrected chi connectivity index (χ0v) is 20.8. The summed E-state index contributed by atoms with van der Waals surface area (Å²) in [6.07, 6.45) is 1.21. The summed E-state index contributed by atoms with van der Waals surface area (Å²) >= 11 is 0. The number of piperidine rings is 1. The highest BCUT2D eigenvalue weighted by atomic mass is 16.5. The van der Waals surface area contributed by atoms with E-state index in [9.17, 15) is 19.2 Å². The summed E-state index contributed by atoms with van der Waals surface area (Å²) < 4.78 is 7.28. The Bertz CT molecular complexity index is 1390. The van der Waals surface area contributed by atoms with E-state index in [0.717, 1.165) is 25.9 Å². The first-order valence-corrected chi connectivity index (χ1v) is 12.1. The number of likely N-dealkylation sites (tertiary alicyclic amines) is 1. The second-order valence-electron chi connectivity index (χ2n) is 9.03. The molecule has 1 atom stereocenters. The number of ether oxygens (including phenoxy) is 1. The Kier molecular flexibility index (Phi) is 7.47. The topological polar surface area (TPSA) is 104 Å². The summed E-state index contributed by atoms with van der Waals surface area (Å²) in [6, 6.07) is 14.5. The first-order chi connectivity index (χ1) is 17.3. The Hall–Kier alpha value is -4.01. The van der Waals surface area contributed by atoms with Gasteiger partial charge in [-0.1, -0.05) is 36.4 Å². The maximum atomic E-state index is 13.5. The molecule has 4 rings (SSSR count). The Morgan fingerprint density at radius 1 is 1.06 bits per heavy atom. The number of aromatic nitrogens is 3. The molecular formula is C27H30N4O5. The van der Waals surface area contributed by atoms with Gasteiger partial charge in [0.2, 0.25) is 5.69 Å². The molecule has 0 saturated carbocycles. The van der Waals surface area contributed by atoms with Crippen LogP contribution in [0.5, 0.6) is 0 Å². The molecule has 9 heteroatoms. The number of carbonyl (C=O) groups excluding carboxylic acids is 2. The lowest BCUT2D eigenvalue weighted by molar-refractivity contribution is -0.149. The first kappa shape index (κ1) is 25.1. The van der Waals surface area contributed by atoms with Gasteiger partial charge >= 0.3 is 11.7 Å². The molecule has 0 radical (unpaired) electrons. The quantitative estimate of drug-likeness (QED) is 0.492. The smallest absolute Gasteiger partial charge is 0.352 e. The normalized spacial score (nSPS) is 15.5. The summed E-state index contributed by atoms with van der Waals surface area (Å²) in [4.78, 5) is 54.2. The predicted molar refractivity (Wildman–Crippen MR) is 134 cm³/mol. The lowest BCUT2D eigenvalue weighted by Gasteiger charge is -2.31. The highest BCUT2D eigenvalue weighted by molar-refractivity contribution is 5.92. The largest absolute Gasteiger partial charge is 0.466 e. The lowest BCUT2D eigenvalue weighted by atomic mass is 9.98. The van der Waals surface area contributed by atoms with Crippen LogP contribution in [0.1, 0.15) is 46.9 Å². The molecule has 1 fully saturated rings. The maximum absolute atomic E-state index is 13.5. The van der Waals surface area contributed by atoms with Crippen LogP contribution in [-0.4, -0.2) is 50.8 Å². The fourth-order valence-electron chi connectivity index (χ4n) is 4.34. The molecule has 9 nitrogen and oxygen atoms in total. The number of hydrogen-bond acceptors (Lipinski definition) is 6. The molecule has 1 aliphatic heterocycles. The van der Waals surface area contributed by atoms with Crippen LogP contribution in [0.3, 0.4) is 0 Å². The molecule has 1 aliphatic rings. The van der Waals surface area contributed by atoms with Crippen LogP contribution >= 0.6 is 0 Å². The van der Waals surface area contributed by atoms with Gasteiger partial charge in [-0.15, -0.1) is 0 Å². The lowest BCUT2D eigenvalue weighted by Crippen LogP contribution is -2.49. The van der Waals surface area contributed by atoms with E-state index in [1.165, 1.54) is 4.90 Å². The van der Waals surface area contributed by atoms with Crippen molar-refractivity contribution < 1.29 is 14.3 Å². The van der Waals surface area contributed by atoms with Crippen LogP contribution in [0.4, 0.5) is 0 Å². The van der Waals surface area contributed by atoms with Gasteiger partial charge in [0.25, 0.3) is 11.5 Å². The van der Waals surface area contributed by atoms with E-state index < -0.39 is 23.1 Å². The molecule has 1 amide bonds. The van der Waals surface area contributed by atoms with E-state index in [0.29, 0.717) is 25.1 Å². The summed E-state index contributed by atoms with van der Waals surface area (Å²) in [7, 11) is 0. The van der Waals surface area contributed by atoms with Gasteiger partial charge in [-0.3, -0.25) is 19.0 Å². The minimum atomic E-state index is -0.757. The molecular weight excluding hydrogens is 460 g/mol. The number of amides is 1. The van der Waals surface area contributed by atoms with Crippen molar-refractivity contribution in [2.45, 2.75) is 40.2 Å². The Morgan fingerprint density at radius 3 is 2.50 bits per heavy atom. The second kappa shape index (κ2) is 10.7. The molecule has 188 valence electrons. The molecule has 0 bridgehead atoms. The van der Waals surface area contributed by atoms with E-state index in [4.69, 9.17) is 4.74 Å². The number of aryl methyl sites for hydroxylation is 2. The second-order valence-corrected chi connectivity index (χ2v) is 9.03. The van der Waals surface area contributed by atoms with E-state index in [1.54, 1.807) is 19.1 Å². The van der Waals surface area contributed by atoms with Gasteiger partial charge in [0.15, 0.2) is 0 Å². The molecule has 3 aromatic rings. The van der Waals surface area contributed by atoms with Crippen molar-refractivity contribution in [3.63, 3.8) is 0 Å². The molecule has 1 aromatic heterocycles. The standard InChI is InChI=1S/C27H30N4O5/c1-4-36-26(34)21-11-8-14-29(17-21)24(32)23-25(33)30(16-20-9-6-5-7-10-20)27(35)31(28-23)22-13-12-18(2)19(3)15-22/h5-7,9-10,12-13,15,21H,4,8,11,14,16-17H2,1-3H3/t21-/m0/s1. The third-order valence-electron chi connectivity index (χ3n) is 6.51. The fourth-order valence-corrected chi connectivity index (χ4v) is 4.34. The Morgan fingerprint density at radius 2 is 1.81 bits per heavy atom. The number of esters is 1. The summed E-state index contributed by atoms with van der Waals surface area (Å²) in [6.45, 7) is 6.39. The number of hydrogen-bond donors (Lipinski definition) is 0. The van der Waals surface area contributed by atoms with E-state index >= 15 is 0 Å². The van der Waals surface area contributed by atoms with E-state index in [2.05, 4.69) is 5.10 Å². The molecule has 0 aliphatic carbocycles. The monoisotopic (exact) mass is 490 g/mol. The van der Waals surface area contributed by atoms with Crippen LogP contribution in [0.25, 0.3) is 5.69 Å². The van der Waals surface area contributed by atoms with Crippen LogP contribution < -0.4 is 11.2 Å². The van der Waals surface area contributed by atoms with Crippen molar-refractivity contribution in [3.8, 4) is 5.69 Å². The molecule has 36 heavy (non-hydrogen) atoms. The zero-order valence-electron chi connectivity index (χ0n) is 20.8. The Balaban J connectivity index is 1.80. The zero-order chi connectivity index (χ0) is 25.8. The van der Waals surface area contributed by atoms with Crippen LogP contribution in [0.2, 0.25) is 0 Å². The first-order valence-electron chi connectivity index (χ1n) is 12.1. The van der Waals surface area contributed by atoms with Crippen molar-refractivity contribution in [2.24, 2.45) is 5.92 Å². The number of benzene rings is 2. The molecule has 2 aromatic carbocycles. The van der Waals surface area contributed by atoms with Gasteiger partial charge in [0.1, 0.15) is 0 Å². The third-order valence-corrected chi connectivity index (χ3v) is 6.51. The summed E-state index contributed by atoms with van der Waals surface area (Å²) in [5.74, 6) is -1.42. The van der Waals surface area contributed by atoms with Gasteiger partial charge in [0, 0.05) is 13.1 Å². The average Bonchev–Trinajstić information content (AvgIpc) is 2.89. The predicted octanol–water partition coefficient (Wildman–Crippen LogP) is 2.47. The molecule has 1 saturated heterocycles. The van der Waals surface area contributed by atoms with Crippen molar-refractivity contribution in [3.05, 3.63) is 91.8 Å². The number of rotatable bonds is 6. The summed E-state index contributed by atoms with van der Waals surface area (Å²) in [5.41, 5.74) is 1.45. The third kappa shape index (κ3) is 5.15. The average molecular weight is 491 g/mol. The van der Waals surface area contributed by atoms with Crippen LogP contribution in [0.15, 0.2) is 58.1 Å². The summed E-state index contributed by atoms with van der Waals surface area (Å²) in [5, 5.41) is 4.26. The van der Waals surface area contributed by atoms with Crippen LogP contribution in [-0.2, 0) is 16.1 Å². The Labute approximate surface area is 208 Å². The van der Waals surface area contributed by atoms with E-state index in [1.807, 2.05) is 50.2 Å². The van der Waals surface area contributed by atoms with Crippen molar-refractivity contribution >= 4 is 11.9 Å². The molecule has 0 spiro atoms. The molecule has 0 N–H and O–H groups in total. The number of carbonyl (C=O) groups is 2. The van der Waals surface area contributed by atoms with Gasteiger partial charge in [-0.2, -0.15) is 9.78 Å². The highest BCUT2D eigenvalue weighted by Crippen LogP contribution is 2.19. The fraction of sp³-hybridized carbons (Fsp3) is 0.370. The van der Waals surface area contributed by atoms with Crippen molar-refractivity contribution in [1.29, 1.82) is 0 Å². The van der Waals surface area contributed by atoms with Crippen molar-refractivity contribution in [1.82, 2.24) is 19.2 Å². The van der Waals surface area contributed by atoms with Crippen molar-refractivity contribution in [2.75, 3.05) is 19.7 Å². The minimum Gasteiger partial charge on any atom is -0.466 e. The minimum absolute atomic E-state index is 0.00238. The highest BCUT2D eigenvalue weighted by Gasteiger charge is 2.32. The van der Waals surface area contributed by atoms with E-state index in [-0.39, 0.29) is 31.4 Å². The number of nitrogens with zero attached hydrogens (tertiary/aromatic N) is 4. The SMILES string of the molecule is CCOC(=O)[C@H]1CCCN(C(=O)c2nn(-c3ccc(C)c(C)c3)c(=O)n(Cc3ccccc3)c2=O)C1. The molecule has 2 heterocycles. The van der Waals surface area contributed by atoms with Gasteiger partial charge in [0.05, 0.1) is 24.8 Å². The maximum Gasteiger partial charge on any atom is 0.352 e. The molecule has 0 unspecified atom stereocenters. The van der Waals surface area contributed by atoms with Crippen LogP contribution in [0, 0.1) is 19.8 Å². The van der Waals surface area contributed by atoms with Gasteiger partial charge in [-0.05, 0) is 62.4 Å². The van der Waals surface area contributed by atoms with Gasteiger partial charge in [-0.25, -0.2) is 4.79 Å². The van der Waals surface area contributed by atoms with Gasteiger partial charge < -0.3 is 9.64 Å².